The first-order valence-corrected chi connectivity index (χ1v) is 7.65. The largest absolute Gasteiger partial charge is 0.378 e. The van der Waals surface area contributed by atoms with Crippen LogP contribution >= 0.6 is 11.6 Å². The molecule has 1 amide bonds. The number of alkyl halides is 1. The molecule has 0 aromatic rings. The monoisotopic (exact) mass is 273 g/mol. The molecule has 1 saturated heterocycles. The van der Waals surface area contributed by atoms with Gasteiger partial charge in [-0.1, -0.05) is 0 Å². The predicted octanol–water partition coefficient (Wildman–Crippen LogP) is 2.96. The molecule has 0 bridgehead atoms. The molecule has 1 saturated carbocycles. The first-order chi connectivity index (χ1) is 8.71. The maximum atomic E-state index is 12.5. The van der Waals surface area contributed by atoms with E-state index in [1.165, 1.54) is 12.8 Å². The summed E-state index contributed by atoms with van der Waals surface area (Å²) in [5, 5.41) is 0. The van der Waals surface area contributed by atoms with E-state index in [4.69, 9.17) is 16.3 Å². The van der Waals surface area contributed by atoms with Gasteiger partial charge in [0.25, 0.3) is 0 Å². The topological polar surface area (TPSA) is 29.5 Å². The van der Waals surface area contributed by atoms with Crippen LogP contribution < -0.4 is 0 Å². The lowest BCUT2D eigenvalue weighted by molar-refractivity contribution is -0.147. The summed E-state index contributed by atoms with van der Waals surface area (Å²) in [6, 6.07) is 0.359. The number of methoxy groups -OCH3 is 1. The van der Waals surface area contributed by atoms with Gasteiger partial charge in [0.15, 0.2) is 0 Å². The van der Waals surface area contributed by atoms with Crippen LogP contribution in [0.1, 0.15) is 51.4 Å². The molecule has 2 fully saturated rings. The van der Waals surface area contributed by atoms with Crippen molar-refractivity contribution in [1.29, 1.82) is 0 Å². The van der Waals surface area contributed by atoms with E-state index in [2.05, 4.69) is 4.90 Å². The third kappa shape index (κ3) is 3.00. The van der Waals surface area contributed by atoms with Crippen molar-refractivity contribution in [1.82, 2.24) is 4.90 Å². The molecule has 1 unspecified atom stereocenters. The fourth-order valence-corrected chi connectivity index (χ4v) is 3.41. The molecule has 0 aromatic carbocycles. The van der Waals surface area contributed by atoms with E-state index in [1.54, 1.807) is 7.11 Å². The van der Waals surface area contributed by atoms with Gasteiger partial charge in [-0.05, 0) is 44.9 Å². The number of hydrogen-bond acceptors (Lipinski definition) is 2. The average molecular weight is 274 g/mol. The highest BCUT2D eigenvalue weighted by molar-refractivity contribution is 6.17. The van der Waals surface area contributed by atoms with E-state index in [9.17, 15) is 4.79 Å². The van der Waals surface area contributed by atoms with Crippen LogP contribution in [0.15, 0.2) is 0 Å². The summed E-state index contributed by atoms with van der Waals surface area (Å²) in [7, 11) is 1.74. The van der Waals surface area contributed by atoms with Gasteiger partial charge in [-0.25, -0.2) is 0 Å². The molecule has 0 aromatic heterocycles. The molecule has 1 atom stereocenters. The third-order valence-corrected chi connectivity index (χ3v) is 4.78. The number of nitrogens with zero attached hydrogens (tertiary/aromatic N) is 1. The summed E-state index contributed by atoms with van der Waals surface area (Å²) in [5.41, 5.74) is -0.153. The number of piperidine rings is 1. The second-order valence-corrected chi connectivity index (χ2v) is 6.01. The van der Waals surface area contributed by atoms with Crippen molar-refractivity contribution in [3.8, 4) is 0 Å². The molecule has 2 rings (SSSR count). The summed E-state index contributed by atoms with van der Waals surface area (Å²) < 4.78 is 5.56. The Kier molecular flexibility index (Phi) is 4.91. The zero-order valence-electron chi connectivity index (χ0n) is 11.3. The van der Waals surface area contributed by atoms with Crippen LogP contribution in [-0.2, 0) is 9.53 Å². The fourth-order valence-electron chi connectivity index (χ4n) is 3.16. The molecule has 0 spiro atoms. The Morgan fingerprint density at radius 3 is 2.72 bits per heavy atom. The van der Waals surface area contributed by atoms with Gasteiger partial charge in [-0.3, -0.25) is 4.79 Å². The quantitative estimate of drug-likeness (QED) is 0.721. The molecule has 104 valence electrons. The van der Waals surface area contributed by atoms with Gasteiger partial charge in [0, 0.05) is 25.6 Å². The van der Waals surface area contributed by atoms with Gasteiger partial charge in [0.1, 0.15) is 0 Å². The molecule has 0 radical (unpaired) electrons. The molecule has 1 heterocycles. The van der Waals surface area contributed by atoms with Crippen molar-refractivity contribution in [3.63, 3.8) is 0 Å². The molecule has 4 heteroatoms. The van der Waals surface area contributed by atoms with Crippen LogP contribution in [-0.4, -0.2) is 42.0 Å². The van der Waals surface area contributed by atoms with E-state index in [-0.39, 0.29) is 11.5 Å². The van der Waals surface area contributed by atoms with Crippen molar-refractivity contribution in [2.45, 2.75) is 63.0 Å². The fraction of sp³-hybridized carbons (Fsp3) is 0.929. The van der Waals surface area contributed by atoms with E-state index < -0.39 is 0 Å². The first-order valence-electron chi connectivity index (χ1n) is 7.11. The maximum absolute atomic E-state index is 12.5. The Hall–Kier alpha value is -0.280. The van der Waals surface area contributed by atoms with E-state index >= 15 is 0 Å². The number of amides is 1. The lowest BCUT2D eigenvalue weighted by Gasteiger charge is -2.43. The minimum Gasteiger partial charge on any atom is -0.378 e. The standard InChI is InChI=1S/C14H24ClNO2/c1-18-14(7-4-8-14)11-13(17)16-10-3-2-5-12(16)6-9-15/h12H,2-11H2,1H3. The zero-order valence-corrected chi connectivity index (χ0v) is 12.0. The molecular weight excluding hydrogens is 250 g/mol. The minimum absolute atomic E-state index is 0.153. The van der Waals surface area contributed by atoms with Gasteiger partial charge < -0.3 is 9.64 Å². The van der Waals surface area contributed by atoms with Gasteiger partial charge in [0.2, 0.25) is 5.91 Å². The highest BCUT2D eigenvalue weighted by Gasteiger charge is 2.41. The van der Waals surface area contributed by atoms with E-state index in [0.717, 1.165) is 38.6 Å². The van der Waals surface area contributed by atoms with Crippen LogP contribution in [0, 0.1) is 0 Å². The number of ether oxygens (including phenoxy) is 1. The Labute approximate surface area is 115 Å². The van der Waals surface area contributed by atoms with Crippen LogP contribution in [0.4, 0.5) is 0 Å². The highest BCUT2D eigenvalue weighted by Crippen LogP contribution is 2.39. The van der Waals surface area contributed by atoms with Crippen molar-refractivity contribution in [3.05, 3.63) is 0 Å². The Bertz CT molecular complexity index is 284. The Morgan fingerprint density at radius 2 is 2.17 bits per heavy atom. The normalized spacial score (nSPS) is 26.8. The van der Waals surface area contributed by atoms with Crippen LogP contribution in [0.5, 0.6) is 0 Å². The number of carbonyl (C=O) groups excluding carboxylic acids is 1. The Balaban J connectivity index is 1.93. The molecule has 0 N–H and O–H groups in total. The number of hydrogen-bond donors (Lipinski definition) is 0. The Morgan fingerprint density at radius 1 is 1.39 bits per heavy atom. The smallest absolute Gasteiger partial charge is 0.225 e. The zero-order chi connectivity index (χ0) is 13.0. The van der Waals surface area contributed by atoms with E-state index in [1.807, 2.05) is 0 Å². The number of halogens is 1. The minimum atomic E-state index is -0.153. The lowest BCUT2D eigenvalue weighted by atomic mass is 9.77. The van der Waals surface area contributed by atoms with Crippen LogP contribution in [0.3, 0.4) is 0 Å². The highest BCUT2D eigenvalue weighted by atomic mass is 35.5. The van der Waals surface area contributed by atoms with Crippen LogP contribution in [0.25, 0.3) is 0 Å². The third-order valence-electron chi connectivity index (χ3n) is 4.56. The van der Waals surface area contributed by atoms with E-state index in [0.29, 0.717) is 18.3 Å². The summed E-state index contributed by atoms with van der Waals surface area (Å²) in [6.07, 6.45) is 8.19. The van der Waals surface area contributed by atoms with Crippen molar-refractivity contribution < 1.29 is 9.53 Å². The predicted molar refractivity (Wildman–Crippen MR) is 72.9 cm³/mol. The number of rotatable bonds is 5. The molecule has 18 heavy (non-hydrogen) atoms. The summed E-state index contributed by atoms with van der Waals surface area (Å²) in [4.78, 5) is 14.5. The van der Waals surface area contributed by atoms with Crippen molar-refractivity contribution >= 4 is 17.5 Å². The van der Waals surface area contributed by atoms with Crippen molar-refractivity contribution in [2.24, 2.45) is 0 Å². The molecular formula is C14H24ClNO2. The van der Waals surface area contributed by atoms with Gasteiger partial charge in [-0.2, -0.15) is 0 Å². The molecule has 1 aliphatic heterocycles. The number of likely N-dealkylation sites (tertiary alicyclic amines) is 1. The molecule has 1 aliphatic carbocycles. The van der Waals surface area contributed by atoms with Gasteiger partial charge in [-0.15, -0.1) is 11.6 Å². The SMILES string of the molecule is COC1(CC(=O)N2CCCCC2CCCl)CCC1. The molecule has 2 aliphatic rings. The van der Waals surface area contributed by atoms with Crippen molar-refractivity contribution in [2.75, 3.05) is 19.5 Å². The first kappa shape index (κ1) is 14.1. The average Bonchev–Trinajstić information content (AvgIpc) is 2.35. The molecule has 3 nitrogen and oxygen atoms in total. The summed E-state index contributed by atoms with van der Waals surface area (Å²) >= 11 is 5.84. The maximum Gasteiger partial charge on any atom is 0.225 e. The second-order valence-electron chi connectivity index (χ2n) is 5.63. The second kappa shape index (κ2) is 6.25. The lowest BCUT2D eigenvalue weighted by Crippen LogP contribution is -2.49. The summed E-state index contributed by atoms with van der Waals surface area (Å²) in [5.74, 6) is 0.913. The van der Waals surface area contributed by atoms with Crippen LogP contribution in [0.2, 0.25) is 0 Å². The van der Waals surface area contributed by atoms with Gasteiger partial charge >= 0.3 is 0 Å². The number of carbonyl (C=O) groups is 1. The van der Waals surface area contributed by atoms with Gasteiger partial charge in [0.05, 0.1) is 12.0 Å². The summed E-state index contributed by atoms with van der Waals surface area (Å²) in [6.45, 7) is 0.903.